The van der Waals surface area contributed by atoms with E-state index in [4.69, 9.17) is 5.53 Å². The van der Waals surface area contributed by atoms with Gasteiger partial charge in [-0.15, -0.1) is 6.58 Å². The molecule has 0 aliphatic carbocycles. The van der Waals surface area contributed by atoms with Crippen LogP contribution in [0.1, 0.15) is 54.9 Å². The molecule has 1 aromatic carbocycles. The zero-order valence-corrected chi connectivity index (χ0v) is 13.3. The fraction of sp³-hybridized carbons (Fsp3) is 0.316. The van der Waals surface area contributed by atoms with Gasteiger partial charge < -0.3 is 5.53 Å². The predicted molar refractivity (Wildman–Crippen MR) is 90.2 cm³/mol. The summed E-state index contributed by atoms with van der Waals surface area (Å²) in [6.45, 7) is 5.06. The van der Waals surface area contributed by atoms with E-state index >= 15 is 0 Å². The minimum absolute atomic E-state index is 0.0108. The van der Waals surface area contributed by atoms with Crippen LogP contribution < -0.4 is 0 Å². The third-order valence-corrected chi connectivity index (χ3v) is 3.27. The second-order valence-electron chi connectivity index (χ2n) is 5.08. The third-order valence-electron chi connectivity index (χ3n) is 3.27. The molecule has 0 amide bonds. The Morgan fingerprint density at radius 3 is 2.74 bits per heavy atom. The smallest absolute Gasteiger partial charge is 0.336 e. The van der Waals surface area contributed by atoms with E-state index in [-0.39, 0.29) is 17.3 Å². The van der Waals surface area contributed by atoms with Crippen LogP contribution in [0.2, 0.25) is 0 Å². The van der Waals surface area contributed by atoms with Crippen LogP contribution >= 0.6 is 0 Å². The van der Waals surface area contributed by atoms with Gasteiger partial charge in [0.2, 0.25) is 0 Å². The topological polar surface area (TPSA) is 70.5 Å². The highest BCUT2D eigenvalue weighted by molar-refractivity contribution is 6.43. The maximum Gasteiger partial charge on any atom is 0.336 e. The van der Waals surface area contributed by atoms with Crippen molar-refractivity contribution in [1.29, 1.82) is 0 Å². The number of Topliss-reactive ketones (excluding diaryl/α,β-unsaturated/α-hetero) is 2. The molecule has 1 aromatic rings. The molecule has 0 heterocycles. The molecule has 118 valence electrons. The Morgan fingerprint density at radius 2 is 2.04 bits per heavy atom. The highest BCUT2D eigenvalue weighted by Gasteiger charge is 2.18. The van der Waals surface area contributed by atoms with Crippen molar-refractivity contribution in [3.8, 4) is 11.8 Å². The normalized spacial score (nSPS) is 9.26. The van der Waals surface area contributed by atoms with Crippen LogP contribution in [0.15, 0.2) is 36.9 Å². The van der Waals surface area contributed by atoms with Gasteiger partial charge in [-0.2, -0.15) is 4.79 Å². The molecule has 0 aromatic heterocycles. The van der Waals surface area contributed by atoms with E-state index in [0.29, 0.717) is 30.4 Å². The molecule has 0 saturated carbocycles. The summed E-state index contributed by atoms with van der Waals surface area (Å²) in [6.07, 6.45) is 4.90. The first-order valence-corrected chi connectivity index (χ1v) is 7.54. The number of carbonyl (C=O) groups excluding carboxylic acids is 2. The fourth-order valence-electron chi connectivity index (χ4n) is 1.96. The van der Waals surface area contributed by atoms with Gasteiger partial charge in [0, 0.05) is 37.3 Å². The summed E-state index contributed by atoms with van der Waals surface area (Å²) >= 11 is 0. The standard InChI is InChI=1S/C19H20N2O2/c1-3-4-5-12-17(22)13-8-6-10-16-11-7-9-14-18(16)19(23)15(2)21-20/h3,7,9,11,14H,1,4-5,8,12-13H2,2H3. The van der Waals surface area contributed by atoms with Crippen LogP contribution in [0.5, 0.6) is 0 Å². The molecule has 4 heteroatoms. The summed E-state index contributed by atoms with van der Waals surface area (Å²) in [5, 5.41) is 0. The highest BCUT2D eigenvalue weighted by atomic mass is 16.1. The minimum Gasteiger partial charge on any atom is -0.361 e. The Morgan fingerprint density at radius 1 is 1.30 bits per heavy atom. The highest BCUT2D eigenvalue weighted by Crippen LogP contribution is 2.09. The molecule has 0 atom stereocenters. The molecular weight excluding hydrogens is 288 g/mol. The second kappa shape index (κ2) is 10.0. The molecule has 0 unspecified atom stereocenters. The molecule has 0 saturated heterocycles. The van der Waals surface area contributed by atoms with Crippen molar-refractivity contribution < 1.29 is 14.4 Å². The summed E-state index contributed by atoms with van der Waals surface area (Å²) in [4.78, 5) is 26.6. The Balaban J connectivity index is 2.69. The molecule has 0 fully saturated rings. The van der Waals surface area contributed by atoms with Crippen LogP contribution in [-0.4, -0.2) is 22.1 Å². The van der Waals surface area contributed by atoms with E-state index < -0.39 is 0 Å². The lowest BCUT2D eigenvalue weighted by atomic mass is 10.0. The molecule has 0 aliphatic heterocycles. The first kappa shape index (κ1) is 18.3. The van der Waals surface area contributed by atoms with Gasteiger partial charge >= 0.3 is 5.71 Å². The SMILES string of the molecule is C=CCCCC(=O)CCC#Cc1ccccc1C(=O)C(C)=[N+]=[N-]. The number of hydrogen-bond acceptors (Lipinski definition) is 2. The lowest BCUT2D eigenvalue weighted by Crippen LogP contribution is -2.12. The number of allylic oxidation sites excluding steroid dienone is 1. The largest absolute Gasteiger partial charge is 0.361 e. The van der Waals surface area contributed by atoms with Gasteiger partial charge in [0.05, 0.1) is 0 Å². The molecule has 4 nitrogen and oxygen atoms in total. The average molecular weight is 308 g/mol. The Bertz CT molecular complexity index is 702. The van der Waals surface area contributed by atoms with E-state index in [1.54, 1.807) is 30.3 Å². The first-order valence-electron chi connectivity index (χ1n) is 7.54. The second-order valence-corrected chi connectivity index (χ2v) is 5.08. The number of rotatable bonds is 8. The van der Waals surface area contributed by atoms with Crippen molar-refractivity contribution >= 4 is 17.3 Å². The molecule has 0 N–H and O–H groups in total. The number of unbranched alkanes of at least 4 members (excludes halogenated alkanes) is 1. The minimum atomic E-state index is -0.363. The van der Waals surface area contributed by atoms with Crippen LogP contribution in [0, 0.1) is 11.8 Å². The first-order chi connectivity index (χ1) is 11.1. The van der Waals surface area contributed by atoms with Gasteiger partial charge in [-0.25, -0.2) is 0 Å². The maximum absolute atomic E-state index is 12.1. The Labute approximate surface area is 136 Å². The Kier molecular flexibility index (Phi) is 7.99. The molecule has 0 aliphatic rings. The number of ketones is 2. The van der Waals surface area contributed by atoms with Crippen LogP contribution in [0.3, 0.4) is 0 Å². The van der Waals surface area contributed by atoms with E-state index in [2.05, 4.69) is 23.2 Å². The van der Waals surface area contributed by atoms with E-state index in [1.807, 2.05) is 0 Å². The van der Waals surface area contributed by atoms with Crippen LogP contribution in [0.4, 0.5) is 0 Å². The number of hydrogen-bond donors (Lipinski definition) is 0. The zero-order chi connectivity index (χ0) is 17.1. The van der Waals surface area contributed by atoms with Crippen molar-refractivity contribution in [1.82, 2.24) is 0 Å². The number of benzene rings is 1. The van der Waals surface area contributed by atoms with E-state index in [0.717, 1.165) is 12.8 Å². The van der Waals surface area contributed by atoms with Crippen molar-refractivity contribution in [2.45, 2.75) is 39.0 Å². The third kappa shape index (κ3) is 6.25. The average Bonchev–Trinajstić information content (AvgIpc) is 2.58. The quantitative estimate of drug-likeness (QED) is 0.140. The molecule has 0 spiro atoms. The summed E-state index contributed by atoms with van der Waals surface area (Å²) in [7, 11) is 0. The van der Waals surface area contributed by atoms with Crippen molar-refractivity contribution in [2.24, 2.45) is 0 Å². The number of carbonyl (C=O) groups is 2. The zero-order valence-electron chi connectivity index (χ0n) is 13.3. The fourth-order valence-corrected chi connectivity index (χ4v) is 1.96. The summed E-state index contributed by atoms with van der Waals surface area (Å²) in [5.41, 5.74) is 9.68. The maximum atomic E-state index is 12.1. The van der Waals surface area contributed by atoms with Gasteiger partial charge in [0.1, 0.15) is 5.78 Å². The monoisotopic (exact) mass is 308 g/mol. The molecular formula is C19H20N2O2. The molecule has 23 heavy (non-hydrogen) atoms. The van der Waals surface area contributed by atoms with Gasteiger partial charge in [-0.3, -0.25) is 9.59 Å². The lowest BCUT2D eigenvalue weighted by molar-refractivity contribution is -0.119. The van der Waals surface area contributed by atoms with E-state index in [9.17, 15) is 9.59 Å². The van der Waals surface area contributed by atoms with Crippen LogP contribution in [-0.2, 0) is 4.79 Å². The summed E-state index contributed by atoms with van der Waals surface area (Å²) in [6, 6.07) is 6.89. The lowest BCUT2D eigenvalue weighted by Gasteiger charge is -1.99. The molecule has 0 radical (unpaired) electrons. The number of nitrogens with zero attached hydrogens (tertiary/aromatic N) is 2. The molecule has 0 bridgehead atoms. The predicted octanol–water partition coefficient (Wildman–Crippen LogP) is 3.62. The molecule has 1 rings (SSSR count). The van der Waals surface area contributed by atoms with Crippen molar-refractivity contribution in [3.05, 3.63) is 53.6 Å². The summed E-state index contributed by atoms with van der Waals surface area (Å²) < 4.78 is 0. The van der Waals surface area contributed by atoms with Crippen molar-refractivity contribution in [3.63, 3.8) is 0 Å². The van der Waals surface area contributed by atoms with Crippen LogP contribution in [0.25, 0.3) is 5.53 Å². The van der Waals surface area contributed by atoms with Crippen molar-refractivity contribution in [2.75, 3.05) is 0 Å². The van der Waals surface area contributed by atoms with Gasteiger partial charge in [-0.05, 0) is 25.0 Å². The van der Waals surface area contributed by atoms with Gasteiger partial charge in [0.15, 0.2) is 0 Å². The summed E-state index contributed by atoms with van der Waals surface area (Å²) in [5.74, 6) is 5.68. The Hall–Kier alpha value is -2.76. The van der Waals surface area contributed by atoms with Gasteiger partial charge in [0.25, 0.3) is 5.78 Å². The van der Waals surface area contributed by atoms with Gasteiger partial charge in [-0.1, -0.05) is 30.0 Å². The van der Waals surface area contributed by atoms with E-state index in [1.165, 1.54) is 6.92 Å².